The van der Waals surface area contributed by atoms with Crippen LogP contribution in [-0.2, 0) is 9.59 Å². The Kier molecular flexibility index (Phi) is 7.89. The van der Waals surface area contributed by atoms with Crippen LogP contribution in [0.15, 0.2) is 42.5 Å². The first-order chi connectivity index (χ1) is 15.0. The number of nitrogens with one attached hydrogen (secondary N) is 2. The molecule has 31 heavy (non-hydrogen) atoms. The van der Waals surface area contributed by atoms with Gasteiger partial charge in [-0.25, -0.2) is 0 Å². The third kappa shape index (κ3) is 5.98. The van der Waals surface area contributed by atoms with Crippen molar-refractivity contribution in [2.24, 2.45) is 0 Å². The average Bonchev–Trinajstić information content (AvgIpc) is 2.79. The Balaban J connectivity index is 1.37. The van der Waals surface area contributed by atoms with Gasteiger partial charge < -0.3 is 20.3 Å². The number of aryl methyl sites for hydroxylation is 2. The fourth-order valence-corrected chi connectivity index (χ4v) is 3.87. The van der Waals surface area contributed by atoms with Crippen molar-refractivity contribution >= 4 is 23.2 Å². The smallest absolute Gasteiger partial charge is 0.313 e. The number of carbonyl (C=O) groups excluding carboxylic acids is 2. The van der Waals surface area contributed by atoms with Crippen molar-refractivity contribution in [1.29, 1.82) is 0 Å². The van der Waals surface area contributed by atoms with Crippen molar-refractivity contribution in [3.8, 4) is 5.75 Å². The number of methoxy groups -OCH3 is 1. The Hall–Kier alpha value is -3.06. The van der Waals surface area contributed by atoms with Crippen molar-refractivity contribution in [2.45, 2.75) is 20.3 Å². The number of anilines is 2. The summed E-state index contributed by atoms with van der Waals surface area (Å²) >= 11 is 0. The molecule has 2 amide bonds. The third-order valence-corrected chi connectivity index (χ3v) is 5.66. The number of nitrogens with zero attached hydrogens (tertiary/aromatic N) is 2. The summed E-state index contributed by atoms with van der Waals surface area (Å²) in [7, 11) is 1.70. The summed E-state index contributed by atoms with van der Waals surface area (Å²) in [5, 5.41) is 5.45. The minimum Gasteiger partial charge on any atom is -0.495 e. The van der Waals surface area contributed by atoms with Crippen molar-refractivity contribution in [3.05, 3.63) is 53.6 Å². The Morgan fingerprint density at radius 2 is 1.61 bits per heavy atom. The number of rotatable bonds is 7. The lowest BCUT2D eigenvalue weighted by atomic mass is 10.1. The Morgan fingerprint density at radius 1 is 0.935 bits per heavy atom. The standard InChI is InChI=1S/C24H32N4O3/c1-18-8-6-9-19(2)22(18)26-24(30)23(29)25-12-7-13-27-14-16-28(17-15-27)20-10-4-5-11-21(20)31-3/h4-6,8-11H,7,12-17H2,1-3H3,(H,25,29)(H,26,30). The highest BCUT2D eigenvalue weighted by molar-refractivity contribution is 6.39. The zero-order valence-corrected chi connectivity index (χ0v) is 18.6. The molecule has 7 heteroatoms. The fraction of sp³-hybridized carbons (Fsp3) is 0.417. The molecular formula is C24H32N4O3. The van der Waals surface area contributed by atoms with E-state index in [2.05, 4.69) is 26.5 Å². The second-order valence-corrected chi connectivity index (χ2v) is 7.83. The molecule has 2 aromatic rings. The molecule has 0 radical (unpaired) electrons. The lowest BCUT2D eigenvalue weighted by molar-refractivity contribution is -0.136. The zero-order chi connectivity index (χ0) is 22.2. The molecule has 0 atom stereocenters. The summed E-state index contributed by atoms with van der Waals surface area (Å²) in [4.78, 5) is 29.0. The topological polar surface area (TPSA) is 73.9 Å². The van der Waals surface area contributed by atoms with Crippen LogP contribution in [0.25, 0.3) is 0 Å². The molecule has 2 aromatic carbocycles. The van der Waals surface area contributed by atoms with Crippen LogP contribution in [0.1, 0.15) is 17.5 Å². The van der Waals surface area contributed by atoms with E-state index >= 15 is 0 Å². The summed E-state index contributed by atoms with van der Waals surface area (Å²) in [5.41, 5.74) is 3.71. The summed E-state index contributed by atoms with van der Waals surface area (Å²) in [5.74, 6) is -0.315. The SMILES string of the molecule is COc1ccccc1N1CCN(CCCNC(=O)C(=O)Nc2c(C)cccc2C)CC1. The third-order valence-electron chi connectivity index (χ3n) is 5.66. The molecular weight excluding hydrogens is 392 g/mol. The van der Waals surface area contributed by atoms with Crippen LogP contribution in [0, 0.1) is 13.8 Å². The van der Waals surface area contributed by atoms with E-state index in [0.717, 1.165) is 61.7 Å². The Labute approximate surface area is 184 Å². The molecule has 0 spiro atoms. The molecule has 7 nitrogen and oxygen atoms in total. The van der Waals surface area contributed by atoms with Gasteiger partial charge in [-0.2, -0.15) is 0 Å². The van der Waals surface area contributed by atoms with E-state index in [4.69, 9.17) is 4.74 Å². The van der Waals surface area contributed by atoms with E-state index < -0.39 is 11.8 Å². The zero-order valence-electron chi connectivity index (χ0n) is 18.6. The predicted octanol–water partition coefficient (Wildman–Crippen LogP) is 2.58. The highest BCUT2D eigenvalue weighted by Gasteiger charge is 2.19. The number of hydrogen-bond acceptors (Lipinski definition) is 5. The van der Waals surface area contributed by atoms with E-state index in [-0.39, 0.29) is 0 Å². The first kappa shape index (κ1) is 22.6. The van der Waals surface area contributed by atoms with Crippen LogP contribution in [-0.4, -0.2) is 63.1 Å². The molecule has 1 aliphatic rings. The van der Waals surface area contributed by atoms with E-state index in [1.54, 1.807) is 7.11 Å². The maximum Gasteiger partial charge on any atom is 0.313 e. The van der Waals surface area contributed by atoms with E-state index in [0.29, 0.717) is 12.2 Å². The minimum absolute atomic E-state index is 0.478. The molecule has 0 bridgehead atoms. The van der Waals surface area contributed by atoms with Crippen LogP contribution in [0.5, 0.6) is 5.75 Å². The lowest BCUT2D eigenvalue weighted by Gasteiger charge is -2.36. The summed E-state index contributed by atoms with van der Waals surface area (Å²) in [6.07, 6.45) is 0.803. The molecule has 1 heterocycles. The van der Waals surface area contributed by atoms with Crippen molar-refractivity contribution in [2.75, 3.05) is 56.6 Å². The van der Waals surface area contributed by atoms with E-state index in [1.807, 2.05) is 50.2 Å². The summed E-state index contributed by atoms with van der Waals surface area (Å²) in [6, 6.07) is 13.8. The van der Waals surface area contributed by atoms with E-state index in [9.17, 15) is 9.59 Å². The van der Waals surface area contributed by atoms with Crippen LogP contribution in [0.3, 0.4) is 0 Å². The molecule has 0 saturated carbocycles. The average molecular weight is 425 g/mol. The monoisotopic (exact) mass is 424 g/mol. The van der Waals surface area contributed by atoms with Gasteiger partial charge in [0.15, 0.2) is 0 Å². The number of para-hydroxylation sites is 3. The molecule has 0 aliphatic carbocycles. The van der Waals surface area contributed by atoms with Gasteiger partial charge in [0.05, 0.1) is 12.8 Å². The van der Waals surface area contributed by atoms with Crippen LogP contribution >= 0.6 is 0 Å². The van der Waals surface area contributed by atoms with Gasteiger partial charge in [0, 0.05) is 38.4 Å². The van der Waals surface area contributed by atoms with Gasteiger partial charge >= 0.3 is 11.8 Å². The maximum absolute atomic E-state index is 12.2. The van der Waals surface area contributed by atoms with Gasteiger partial charge in [0.1, 0.15) is 5.75 Å². The second-order valence-electron chi connectivity index (χ2n) is 7.83. The molecule has 3 rings (SSSR count). The largest absolute Gasteiger partial charge is 0.495 e. The number of amides is 2. The van der Waals surface area contributed by atoms with Crippen LogP contribution in [0.2, 0.25) is 0 Å². The maximum atomic E-state index is 12.2. The Morgan fingerprint density at radius 3 is 2.29 bits per heavy atom. The normalized spacial score (nSPS) is 14.2. The lowest BCUT2D eigenvalue weighted by Crippen LogP contribution is -2.47. The molecule has 2 N–H and O–H groups in total. The van der Waals surface area contributed by atoms with Crippen LogP contribution < -0.4 is 20.3 Å². The van der Waals surface area contributed by atoms with Gasteiger partial charge in [-0.1, -0.05) is 30.3 Å². The summed E-state index contributed by atoms with van der Waals surface area (Å²) < 4.78 is 5.47. The highest BCUT2D eigenvalue weighted by Crippen LogP contribution is 2.28. The molecule has 1 fully saturated rings. The number of benzene rings is 2. The molecule has 0 aromatic heterocycles. The first-order valence-corrected chi connectivity index (χ1v) is 10.8. The van der Waals surface area contributed by atoms with Gasteiger partial charge in [-0.05, 0) is 50.1 Å². The van der Waals surface area contributed by atoms with Gasteiger partial charge in [-0.3, -0.25) is 14.5 Å². The number of carbonyl (C=O) groups is 2. The van der Waals surface area contributed by atoms with Crippen LogP contribution in [0.4, 0.5) is 11.4 Å². The number of piperazine rings is 1. The van der Waals surface area contributed by atoms with Crippen molar-refractivity contribution in [1.82, 2.24) is 10.2 Å². The molecule has 0 unspecified atom stereocenters. The highest BCUT2D eigenvalue weighted by atomic mass is 16.5. The van der Waals surface area contributed by atoms with E-state index in [1.165, 1.54) is 0 Å². The quantitative estimate of drug-likeness (QED) is 0.528. The number of ether oxygens (including phenoxy) is 1. The van der Waals surface area contributed by atoms with Crippen molar-refractivity contribution in [3.63, 3.8) is 0 Å². The van der Waals surface area contributed by atoms with Gasteiger partial charge in [0.25, 0.3) is 0 Å². The fourth-order valence-electron chi connectivity index (χ4n) is 3.87. The van der Waals surface area contributed by atoms with Gasteiger partial charge in [-0.15, -0.1) is 0 Å². The number of hydrogen-bond donors (Lipinski definition) is 2. The first-order valence-electron chi connectivity index (χ1n) is 10.8. The summed E-state index contributed by atoms with van der Waals surface area (Å²) in [6.45, 7) is 8.97. The predicted molar refractivity (Wildman–Crippen MR) is 124 cm³/mol. The van der Waals surface area contributed by atoms with Crippen molar-refractivity contribution < 1.29 is 14.3 Å². The molecule has 166 valence electrons. The molecule has 1 saturated heterocycles. The molecule has 1 aliphatic heterocycles. The van der Waals surface area contributed by atoms with Gasteiger partial charge in [0.2, 0.25) is 0 Å². The second kappa shape index (κ2) is 10.8. The Bertz CT molecular complexity index is 887. The minimum atomic E-state index is -0.622.